The number of rotatable bonds is 10. The molecule has 1 heterocycles. The Morgan fingerprint density at radius 1 is 1.03 bits per heavy atom. The molecule has 0 bridgehead atoms. The third kappa shape index (κ3) is 6.45. The van der Waals surface area contributed by atoms with Gasteiger partial charge < -0.3 is 24.6 Å². The molecule has 3 rings (SSSR count). The van der Waals surface area contributed by atoms with E-state index in [4.69, 9.17) is 14.2 Å². The van der Waals surface area contributed by atoms with Crippen LogP contribution in [0.3, 0.4) is 0 Å². The van der Waals surface area contributed by atoms with Crippen LogP contribution in [0.15, 0.2) is 65.7 Å². The van der Waals surface area contributed by atoms with Crippen molar-refractivity contribution in [1.29, 1.82) is 0 Å². The fourth-order valence-corrected chi connectivity index (χ4v) is 4.59. The van der Waals surface area contributed by atoms with Gasteiger partial charge in [0.2, 0.25) is 0 Å². The molecule has 0 aliphatic heterocycles. The van der Waals surface area contributed by atoms with Crippen LogP contribution in [0.5, 0.6) is 17.2 Å². The highest BCUT2D eigenvalue weighted by Gasteiger charge is 2.30. The normalized spacial score (nSPS) is 13.2. The Balaban J connectivity index is 1.78. The van der Waals surface area contributed by atoms with Crippen molar-refractivity contribution in [3.05, 3.63) is 77.9 Å². The van der Waals surface area contributed by atoms with E-state index in [-0.39, 0.29) is 11.4 Å². The molecule has 36 heavy (non-hydrogen) atoms. The van der Waals surface area contributed by atoms with Gasteiger partial charge in [-0.25, -0.2) is 14.2 Å². The Hall–Kier alpha value is -3.79. The summed E-state index contributed by atoms with van der Waals surface area (Å²) in [6.07, 6.45) is 0.616. The summed E-state index contributed by atoms with van der Waals surface area (Å²) in [6.45, 7) is 3.17. The minimum atomic E-state index is -1.05. The lowest BCUT2D eigenvalue weighted by Crippen LogP contribution is -2.41. The molecule has 0 saturated carbocycles. The molecule has 8 nitrogen and oxygen atoms in total. The zero-order valence-corrected chi connectivity index (χ0v) is 21.0. The molecule has 0 fully saturated rings. The van der Waals surface area contributed by atoms with Gasteiger partial charge in [-0.15, -0.1) is 11.8 Å². The van der Waals surface area contributed by atoms with Crippen molar-refractivity contribution >= 4 is 23.6 Å². The Morgan fingerprint density at radius 2 is 1.72 bits per heavy atom. The van der Waals surface area contributed by atoms with Crippen molar-refractivity contribution in [2.45, 2.75) is 36.1 Å². The summed E-state index contributed by atoms with van der Waals surface area (Å²) in [5.74, 6) is -1.94. The van der Waals surface area contributed by atoms with E-state index in [0.717, 1.165) is 4.90 Å². The topological polar surface area (TPSA) is 107 Å². The molecule has 0 spiro atoms. The quantitative estimate of drug-likeness (QED) is 0.300. The number of methoxy groups -OCH3 is 2. The number of nitrogens with zero attached hydrogens (tertiary/aromatic N) is 1. The van der Waals surface area contributed by atoms with E-state index < -0.39 is 40.8 Å². The second-order valence-corrected chi connectivity index (χ2v) is 9.00. The fourth-order valence-electron chi connectivity index (χ4n) is 3.42. The molecule has 3 atom stereocenters. The van der Waals surface area contributed by atoms with E-state index in [2.05, 4.69) is 10.3 Å². The molecule has 0 aliphatic carbocycles. The van der Waals surface area contributed by atoms with Crippen LogP contribution in [-0.2, 0) is 9.53 Å². The van der Waals surface area contributed by atoms with Crippen LogP contribution >= 0.6 is 11.8 Å². The summed E-state index contributed by atoms with van der Waals surface area (Å²) in [4.78, 5) is 30.2. The number of pyridine rings is 1. The molecule has 2 N–H and O–H groups in total. The summed E-state index contributed by atoms with van der Waals surface area (Å²) in [7, 11) is 2.79. The van der Waals surface area contributed by atoms with Gasteiger partial charge in [0.1, 0.15) is 23.7 Å². The average molecular weight is 515 g/mol. The maximum absolute atomic E-state index is 13.8. The largest absolute Gasteiger partial charge is 0.503 e. The van der Waals surface area contributed by atoms with Crippen LogP contribution < -0.4 is 14.8 Å². The molecule has 0 unspecified atom stereocenters. The number of carbonyl (C=O) groups excluding carboxylic acids is 2. The molecular weight excluding hydrogens is 487 g/mol. The van der Waals surface area contributed by atoms with E-state index >= 15 is 0 Å². The van der Waals surface area contributed by atoms with Crippen LogP contribution in [0.25, 0.3) is 0 Å². The SMILES string of the molecule is COc1cc(F)ccc1[C@@H](Sc1ccccc1)[C@H](C)OC(=O)[C@H](C)NC(=O)c1nccc(OC)c1O. The van der Waals surface area contributed by atoms with E-state index in [0.29, 0.717) is 11.3 Å². The lowest BCUT2D eigenvalue weighted by molar-refractivity contribution is -0.150. The summed E-state index contributed by atoms with van der Waals surface area (Å²) in [6, 6.07) is 14.0. The number of carbonyl (C=O) groups is 2. The number of aromatic nitrogens is 1. The average Bonchev–Trinajstić information content (AvgIpc) is 2.87. The van der Waals surface area contributed by atoms with Gasteiger partial charge in [0.25, 0.3) is 5.91 Å². The summed E-state index contributed by atoms with van der Waals surface area (Å²) in [5, 5.41) is 12.2. The van der Waals surface area contributed by atoms with Crippen molar-refractivity contribution < 1.29 is 33.3 Å². The van der Waals surface area contributed by atoms with Gasteiger partial charge >= 0.3 is 5.97 Å². The van der Waals surface area contributed by atoms with Gasteiger partial charge in [-0.1, -0.05) is 24.3 Å². The maximum Gasteiger partial charge on any atom is 0.328 e. The predicted molar refractivity (Wildman–Crippen MR) is 133 cm³/mol. The molecule has 10 heteroatoms. The first-order chi connectivity index (χ1) is 17.2. The number of nitrogens with one attached hydrogen (secondary N) is 1. The molecule has 0 saturated heterocycles. The first-order valence-electron chi connectivity index (χ1n) is 11.0. The number of hydrogen-bond donors (Lipinski definition) is 2. The number of esters is 1. The Kier molecular flexibility index (Phi) is 9.13. The minimum Gasteiger partial charge on any atom is -0.503 e. The van der Waals surface area contributed by atoms with Gasteiger partial charge in [0, 0.05) is 28.8 Å². The first kappa shape index (κ1) is 26.8. The van der Waals surface area contributed by atoms with Gasteiger partial charge in [-0.05, 0) is 32.0 Å². The van der Waals surface area contributed by atoms with Crippen molar-refractivity contribution in [2.75, 3.05) is 14.2 Å². The number of thioether (sulfide) groups is 1. The van der Waals surface area contributed by atoms with Crippen LogP contribution in [0.2, 0.25) is 0 Å². The van der Waals surface area contributed by atoms with E-state index in [9.17, 15) is 19.1 Å². The highest BCUT2D eigenvalue weighted by atomic mass is 32.2. The second-order valence-electron chi connectivity index (χ2n) is 7.79. The number of ether oxygens (including phenoxy) is 3. The van der Waals surface area contributed by atoms with E-state index in [1.807, 2.05) is 30.3 Å². The number of aromatic hydroxyl groups is 1. The molecule has 0 radical (unpaired) electrons. The standard InChI is InChI=1S/C26H27FN2O6S/c1-15(29-25(31)22-23(30)20(33-3)12-13-28-22)26(32)35-16(2)24(36-18-8-6-5-7-9-18)19-11-10-17(27)14-21(19)34-4/h5-16,24,30H,1-4H3,(H,29,31)/t15-,16-,24-/m0/s1. The van der Waals surface area contributed by atoms with Crippen molar-refractivity contribution in [3.8, 4) is 17.2 Å². The number of benzene rings is 2. The highest BCUT2D eigenvalue weighted by Crippen LogP contribution is 2.43. The molecular formula is C26H27FN2O6S. The maximum atomic E-state index is 13.8. The van der Waals surface area contributed by atoms with Gasteiger partial charge in [-0.3, -0.25) is 4.79 Å². The predicted octanol–water partition coefficient (Wildman–Crippen LogP) is 4.53. The molecule has 1 aromatic heterocycles. The van der Waals surface area contributed by atoms with Crippen LogP contribution in [0.1, 0.15) is 35.1 Å². The summed E-state index contributed by atoms with van der Waals surface area (Å²) < 4.78 is 29.9. The Morgan fingerprint density at radius 3 is 2.39 bits per heavy atom. The van der Waals surface area contributed by atoms with E-state index in [1.54, 1.807) is 13.0 Å². The lowest BCUT2D eigenvalue weighted by Gasteiger charge is -2.27. The minimum absolute atomic E-state index is 0.0769. The van der Waals surface area contributed by atoms with Gasteiger partial charge in [-0.2, -0.15) is 0 Å². The third-order valence-electron chi connectivity index (χ3n) is 5.26. The van der Waals surface area contributed by atoms with Gasteiger partial charge in [0.05, 0.1) is 19.5 Å². The fraction of sp³-hybridized carbons (Fsp3) is 0.269. The Bertz CT molecular complexity index is 1210. The lowest BCUT2D eigenvalue weighted by atomic mass is 10.1. The van der Waals surface area contributed by atoms with Crippen LogP contribution in [-0.4, -0.2) is 48.3 Å². The second kappa shape index (κ2) is 12.3. The van der Waals surface area contributed by atoms with E-state index in [1.165, 1.54) is 57.3 Å². The molecule has 1 amide bonds. The smallest absolute Gasteiger partial charge is 0.328 e. The third-order valence-corrected chi connectivity index (χ3v) is 6.70. The summed E-state index contributed by atoms with van der Waals surface area (Å²) >= 11 is 1.43. The van der Waals surface area contributed by atoms with Gasteiger partial charge in [0.15, 0.2) is 17.2 Å². The molecule has 0 aliphatic rings. The molecule has 2 aromatic carbocycles. The Labute approximate surface area is 212 Å². The zero-order chi connectivity index (χ0) is 26.2. The number of halogens is 1. The number of hydrogen-bond acceptors (Lipinski definition) is 8. The monoisotopic (exact) mass is 514 g/mol. The summed E-state index contributed by atoms with van der Waals surface area (Å²) in [5.41, 5.74) is 0.367. The van der Waals surface area contributed by atoms with Crippen LogP contribution in [0.4, 0.5) is 4.39 Å². The molecule has 3 aromatic rings. The highest BCUT2D eigenvalue weighted by molar-refractivity contribution is 7.99. The number of amides is 1. The van der Waals surface area contributed by atoms with Crippen LogP contribution in [0, 0.1) is 5.82 Å². The van der Waals surface area contributed by atoms with Crippen molar-refractivity contribution in [3.63, 3.8) is 0 Å². The molecule has 190 valence electrons. The van der Waals surface area contributed by atoms with Crippen molar-refractivity contribution in [1.82, 2.24) is 10.3 Å². The zero-order valence-electron chi connectivity index (χ0n) is 20.2. The first-order valence-corrected chi connectivity index (χ1v) is 11.9. The van der Waals surface area contributed by atoms with Crippen molar-refractivity contribution in [2.24, 2.45) is 0 Å².